The Labute approximate surface area is 188 Å². The SMILES string of the molecule is COc1ccc(C(C)=O)cc1CSc1nnc(COc2ccccc2)n1CCC(C)C. The van der Waals surface area contributed by atoms with E-state index in [0.717, 1.165) is 41.0 Å². The van der Waals surface area contributed by atoms with Crippen molar-refractivity contribution < 1.29 is 14.3 Å². The maximum Gasteiger partial charge on any atom is 0.191 e. The van der Waals surface area contributed by atoms with Gasteiger partial charge < -0.3 is 14.0 Å². The number of carbonyl (C=O) groups excluding carboxylic acids is 1. The Morgan fingerprint density at radius 2 is 1.90 bits per heavy atom. The quantitative estimate of drug-likeness (QED) is 0.294. The van der Waals surface area contributed by atoms with Crippen molar-refractivity contribution in [3.63, 3.8) is 0 Å². The topological polar surface area (TPSA) is 66.2 Å². The fourth-order valence-electron chi connectivity index (χ4n) is 3.06. The highest BCUT2D eigenvalue weighted by Crippen LogP contribution is 2.29. The van der Waals surface area contributed by atoms with Crippen LogP contribution in [0, 0.1) is 5.92 Å². The molecule has 0 aliphatic carbocycles. The molecule has 0 atom stereocenters. The molecule has 6 nitrogen and oxygen atoms in total. The van der Waals surface area contributed by atoms with Crippen LogP contribution in [0.4, 0.5) is 0 Å². The van der Waals surface area contributed by atoms with Crippen molar-refractivity contribution in [2.24, 2.45) is 5.92 Å². The molecule has 3 rings (SSSR count). The van der Waals surface area contributed by atoms with Gasteiger partial charge in [0.15, 0.2) is 16.8 Å². The molecular formula is C24H29N3O3S. The van der Waals surface area contributed by atoms with E-state index in [4.69, 9.17) is 9.47 Å². The molecule has 0 bridgehead atoms. The maximum atomic E-state index is 11.8. The molecular weight excluding hydrogens is 410 g/mol. The van der Waals surface area contributed by atoms with E-state index >= 15 is 0 Å². The van der Waals surface area contributed by atoms with Crippen LogP contribution in [0.15, 0.2) is 53.7 Å². The molecule has 0 saturated carbocycles. The van der Waals surface area contributed by atoms with Crippen molar-refractivity contribution in [3.8, 4) is 11.5 Å². The van der Waals surface area contributed by atoms with Crippen LogP contribution in [0.2, 0.25) is 0 Å². The van der Waals surface area contributed by atoms with E-state index in [1.807, 2.05) is 42.5 Å². The van der Waals surface area contributed by atoms with Gasteiger partial charge in [-0.3, -0.25) is 4.79 Å². The van der Waals surface area contributed by atoms with Crippen LogP contribution in [0.5, 0.6) is 11.5 Å². The number of nitrogens with zero attached hydrogens (tertiary/aromatic N) is 3. The van der Waals surface area contributed by atoms with Gasteiger partial charge in [-0.2, -0.15) is 0 Å². The van der Waals surface area contributed by atoms with Gasteiger partial charge in [0, 0.05) is 23.4 Å². The molecule has 164 valence electrons. The van der Waals surface area contributed by atoms with Crippen molar-refractivity contribution in [2.45, 2.75) is 51.3 Å². The Morgan fingerprint density at radius 3 is 2.58 bits per heavy atom. The fourth-order valence-corrected chi connectivity index (χ4v) is 4.02. The van der Waals surface area contributed by atoms with Gasteiger partial charge in [0.05, 0.1) is 7.11 Å². The minimum atomic E-state index is 0.0364. The van der Waals surface area contributed by atoms with Gasteiger partial charge >= 0.3 is 0 Å². The number of methoxy groups -OCH3 is 1. The third kappa shape index (κ3) is 6.34. The third-order valence-electron chi connectivity index (χ3n) is 4.88. The van der Waals surface area contributed by atoms with Gasteiger partial charge in [-0.15, -0.1) is 10.2 Å². The van der Waals surface area contributed by atoms with Gasteiger partial charge in [0.25, 0.3) is 0 Å². The summed E-state index contributed by atoms with van der Waals surface area (Å²) in [5.41, 5.74) is 1.63. The largest absolute Gasteiger partial charge is 0.496 e. The first-order valence-electron chi connectivity index (χ1n) is 10.4. The monoisotopic (exact) mass is 439 g/mol. The van der Waals surface area contributed by atoms with Crippen LogP contribution in [0.3, 0.4) is 0 Å². The minimum Gasteiger partial charge on any atom is -0.496 e. The van der Waals surface area contributed by atoms with Gasteiger partial charge in [-0.25, -0.2) is 0 Å². The van der Waals surface area contributed by atoms with Crippen molar-refractivity contribution in [2.75, 3.05) is 7.11 Å². The summed E-state index contributed by atoms with van der Waals surface area (Å²) in [6.45, 7) is 7.16. The number of hydrogen-bond acceptors (Lipinski definition) is 6. The molecule has 7 heteroatoms. The van der Waals surface area contributed by atoms with Gasteiger partial charge in [0.1, 0.15) is 18.1 Å². The number of para-hydroxylation sites is 1. The molecule has 3 aromatic rings. The zero-order chi connectivity index (χ0) is 22.2. The number of benzene rings is 2. The lowest BCUT2D eigenvalue weighted by Crippen LogP contribution is -2.10. The molecule has 1 heterocycles. The highest BCUT2D eigenvalue weighted by atomic mass is 32.2. The lowest BCUT2D eigenvalue weighted by atomic mass is 10.1. The number of ketones is 1. The predicted octanol–water partition coefficient (Wildman–Crippen LogP) is 5.41. The maximum absolute atomic E-state index is 11.8. The zero-order valence-electron chi connectivity index (χ0n) is 18.5. The van der Waals surface area contributed by atoms with E-state index in [2.05, 4.69) is 28.6 Å². The van der Waals surface area contributed by atoms with Crippen LogP contribution in [0.1, 0.15) is 48.9 Å². The molecule has 0 radical (unpaired) electrons. The van der Waals surface area contributed by atoms with Crippen molar-refractivity contribution in [3.05, 3.63) is 65.5 Å². The standard InChI is InChI=1S/C24H29N3O3S/c1-17(2)12-13-27-23(15-30-21-8-6-5-7-9-21)25-26-24(27)31-16-20-14-19(18(3)28)10-11-22(20)29-4/h5-11,14,17H,12-13,15-16H2,1-4H3. The second kappa shape index (κ2) is 11.0. The summed E-state index contributed by atoms with van der Waals surface area (Å²) in [6, 6.07) is 15.2. The van der Waals surface area contributed by atoms with Crippen molar-refractivity contribution >= 4 is 17.5 Å². The first kappa shape index (κ1) is 22.9. The number of carbonyl (C=O) groups is 1. The lowest BCUT2D eigenvalue weighted by Gasteiger charge is -2.13. The molecule has 0 unspecified atom stereocenters. The Bertz CT molecular complexity index is 1000. The molecule has 2 aromatic carbocycles. The molecule has 1 aromatic heterocycles. The molecule has 0 saturated heterocycles. The summed E-state index contributed by atoms with van der Waals surface area (Å²) in [5, 5.41) is 9.65. The second-order valence-electron chi connectivity index (χ2n) is 7.71. The van der Waals surface area contributed by atoms with Gasteiger partial charge in [0.2, 0.25) is 0 Å². The van der Waals surface area contributed by atoms with E-state index in [0.29, 0.717) is 23.8 Å². The molecule has 0 fully saturated rings. The van der Waals surface area contributed by atoms with Crippen LogP contribution < -0.4 is 9.47 Å². The first-order valence-corrected chi connectivity index (χ1v) is 11.4. The van der Waals surface area contributed by atoms with Crippen LogP contribution >= 0.6 is 11.8 Å². The normalized spacial score (nSPS) is 11.0. The predicted molar refractivity (Wildman–Crippen MR) is 123 cm³/mol. The van der Waals surface area contributed by atoms with Crippen molar-refractivity contribution in [1.29, 1.82) is 0 Å². The fraction of sp³-hybridized carbons (Fsp3) is 0.375. The summed E-state index contributed by atoms with van der Waals surface area (Å²) in [6.07, 6.45) is 1.02. The number of ether oxygens (including phenoxy) is 2. The molecule has 0 N–H and O–H groups in total. The number of aromatic nitrogens is 3. The molecule has 31 heavy (non-hydrogen) atoms. The zero-order valence-corrected chi connectivity index (χ0v) is 19.3. The Hall–Kier alpha value is -2.80. The van der Waals surface area contributed by atoms with Crippen LogP contribution in [-0.4, -0.2) is 27.7 Å². The Balaban J connectivity index is 1.78. The molecule has 0 aliphatic rings. The third-order valence-corrected chi connectivity index (χ3v) is 5.89. The average Bonchev–Trinajstić information content (AvgIpc) is 3.16. The summed E-state index contributed by atoms with van der Waals surface area (Å²) in [7, 11) is 1.64. The van der Waals surface area contributed by atoms with E-state index in [9.17, 15) is 4.79 Å². The van der Waals surface area contributed by atoms with Crippen LogP contribution in [0.25, 0.3) is 0 Å². The first-order chi connectivity index (χ1) is 15.0. The van der Waals surface area contributed by atoms with Gasteiger partial charge in [-0.1, -0.05) is 43.8 Å². The molecule has 0 spiro atoms. The minimum absolute atomic E-state index is 0.0364. The van der Waals surface area contributed by atoms with E-state index in [1.165, 1.54) is 0 Å². The second-order valence-corrected chi connectivity index (χ2v) is 8.65. The van der Waals surface area contributed by atoms with E-state index in [-0.39, 0.29) is 5.78 Å². The Kier molecular flexibility index (Phi) is 8.12. The summed E-state index contributed by atoms with van der Waals surface area (Å²) >= 11 is 1.59. The molecule has 0 aliphatic heterocycles. The summed E-state index contributed by atoms with van der Waals surface area (Å²) < 4.78 is 13.5. The summed E-state index contributed by atoms with van der Waals surface area (Å²) in [5.74, 6) is 3.60. The summed E-state index contributed by atoms with van der Waals surface area (Å²) in [4.78, 5) is 11.8. The number of rotatable bonds is 11. The lowest BCUT2D eigenvalue weighted by molar-refractivity contribution is 0.101. The highest BCUT2D eigenvalue weighted by molar-refractivity contribution is 7.98. The van der Waals surface area contributed by atoms with Crippen LogP contribution in [-0.2, 0) is 18.9 Å². The number of Topliss-reactive ketones (excluding diaryl/α,β-unsaturated/α-hetero) is 1. The number of thioether (sulfide) groups is 1. The molecule has 0 amide bonds. The highest BCUT2D eigenvalue weighted by Gasteiger charge is 2.16. The number of hydrogen-bond donors (Lipinski definition) is 0. The average molecular weight is 440 g/mol. The van der Waals surface area contributed by atoms with E-state index < -0.39 is 0 Å². The van der Waals surface area contributed by atoms with Gasteiger partial charge in [-0.05, 0) is 49.6 Å². The van der Waals surface area contributed by atoms with E-state index in [1.54, 1.807) is 31.9 Å². The van der Waals surface area contributed by atoms with Crippen molar-refractivity contribution in [1.82, 2.24) is 14.8 Å². The Morgan fingerprint density at radius 1 is 1.13 bits per heavy atom. The smallest absolute Gasteiger partial charge is 0.191 e.